The molecule has 1 aliphatic heterocycles. The molecule has 174 valence electrons. The molecule has 0 spiro atoms. The molecule has 2 aromatic rings. The number of ether oxygens (including phenoxy) is 2. The molecule has 10 heteroatoms. The molecule has 0 bridgehead atoms. The Labute approximate surface area is 189 Å². The van der Waals surface area contributed by atoms with Gasteiger partial charge in [-0.2, -0.15) is 13.2 Å². The molecular formula is C22H25ClF3N3O3. The number of carbonyl (C=O) groups is 1. The number of hydrogen-bond acceptors (Lipinski definition) is 5. The number of anilines is 1. The number of methoxy groups -OCH3 is 1. The fourth-order valence-electron chi connectivity index (χ4n) is 3.61. The second-order valence-electron chi connectivity index (χ2n) is 7.55. The molecule has 32 heavy (non-hydrogen) atoms. The van der Waals surface area contributed by atoms with Crippen molar-refractivity contribution in [3.63, 3.8) is 0 Å². The number of nitrogens with zero attached hydrogens (tertiary/aromatic N) is 3. The summed E-state index contributed by atoms with van der Waals surface area (Å²) < 4.78 is 49.4. The molecule has 0 N–H and O–H groups in total. The summed E-state index contributed by atoms with van der Waals surface area (Å²) in [5.41, 5.74) is -0.881. The van der Waals surface area contributed by atoms with Gasteiger partial charge in [-0.15, -0.1) is 0 Å². The number of pyridine rings is 1. The van der Waals surface area contributed by atoms with Gasteiger partial charge < -0.3 is 19.3 Å². The summed E-state index contributed by atoms with van der Waals surface area (Å²) in [7, 11) is 3.30. The van der Waals surface area contributed by atoms with E-state index in [4.69, 9.17) is 21.1 Å². The summed E-state index contributed by atoms with van der Waals surface area (Å²) in [6.07, 6.45) is -2.58. The Balaban J connectivity index is 1.49. The lowest BCUT2D eigenvalue weighted by atomic mass is 9.95. The van der Waals surface area contributed by atoms with Crippen LogP contribution in [0.3, 0.4) is 0 Å². The number of halogens is 4. The fourth-order valence-corrected chi connectivity index (χ4v) is 3.89. The third-order valence-electron chi connectivity index (χ3n) is 5.42. The Morgan fingerprint density at radius 3 is 2.50 bits per heavy atom. The van der Waals surface area contributed by atoms with Gasteiger partial charge in [0.05, 0.1) is 24.2 Å². The van der Waals surface area contributed by atoms with E-state index in [2.05, 4.69) is 4.98 Å². The van der Waals surface area contributed by atoms with E-state index in [-0.39, 0.29) is 16.8 Å². The molecule has 6 nitrogen and oxygen atoms in total. The molecule has 1 saturated heterocycles. The highest BCUT2D eigenvalue weighted by Gasteiger charge is 2.33. The molecular weight excluding hydrogens is 447 g/mol. The van der Waals surface area contributed by atoms with Crippen molar-refractivity contribution < 1.29 is 27.4 Å². The highest BCUT2D eigenvalue weighted by molar-refractivity contribution is 6.33. The number of hydrogen-bond donors (Lipinski definition) is 0. The molecule has 2 heterocycles. The van der Waals surface area contributed by atoms with E-state index in [9.17, 15) is 18.0 Å². The van der Waals surface area contributed by atoms with Crippen molar-refractivity contribution in [3.05, 3.63) is 47.1 Å². The van der Waals surface area contributed by atoms with Gasteiger partial charge in [0.15, 0.2) is 11.5 Å². The van der Waals surface area contributed by atoms with Crippen LogP contribution in [0.1, 0.15) is 18.4 Å². The van der Waals surface area contributed by atoms with Crippen molar-refractivity contribution in [1.29, 1.82) is 0 Å². The zero-order valence-corrected chi connectivity index (χ0v) is 18.6. The van der Waals surface area contributed by atoms with Gasteiger partial charge in [0.25, 0.3) is 0 Å². The van der Waals surface area contributed by atoms with Crippen LogP contribution in [-0.4, -0.2) is 56.2 Å². The Morgan fingerprint density at radius 1 is 1.25 bits per heavy atom. The van der Waals surface area contributed by atoms with Gasteiger partial charge >= 0.3 is 6.18 Å². The van der Waals surface area contributed by atoms with Gasteiger partial charge in [-0.25, -0.2) is 4.98 Å². The first-order chi connectivity index (χ1) is 15.2. The monoisotopic (exact) mass is 471 g/mol. The zero-order chi connectivity index (χ0) is 23.3. The van der Waals surface area contributed by atoms with E-state index in [1.54, 1.807) is 31.2 Å². The number of rotatable bonds is 7. The minimum Gasteiger partial charge on any atom is -0.493 e. The van der Waals surface area contributed by atoms with Crippen LogP contribution >= 0.6 is 11.6 Å². The van der Waals surface area contributed by atoms with Crippen molar-refractivity contribution in [1.82, 2.24) is 9.88 Å². The second-order valence-corrected chi connectivity index (χ2v) is 7.95. The highest BCUT2D eigenvalue weighted by atomic mass is 35.5. The normalized spacial score (nSPS) is 14.9. The van der Waals surface area contributed by atoms with E-state index in [0.29, 0.717) is 56.4 Å². The summed E-state index contributed by atoms with van der Waals surface area (Å²) >= 11 is 6.05. The molecule has 0 radical (unpaired) electrons. The molecule has 1 fully saturated rings. The number of para-hydroxylation sites is 2. The highest BCUT2D eigenvalue weighted by Crippen LogP contribution is 2.34. The molecule has 0 atom stereocenters. The Bertz CT molecular complexity index is 934. The van der Waals surface area contributed by atoms with Crippen molar-refractivity contribution in [2.45, 2.75) is 19.0 Å². The van der Waals surface area contributed by atoms with Crippen LogP contribution in [0, 0.1) is 5.92 Å². The number of amides is 1. The number of alkyl halides is 3. The molecule has 1 aromatic heterocycles. The van der Waals surface area contributed by atoms with Crippen molar-refractivity contribution in [3.8, 4) is 11.5 Å². The summed E-state index contributed by atoms with van der Waals surface area (Å²) in [6.45, 7) is 1.72. The molecule has 0 unspecified atom stereocenters. The average molecular weight is 472 g/mol. The lowest BCUT2D eigenvalue weighted by Crippen LogP contribution is -2.42. The van der Waals surface area contributed by atoms with Gasteiger partial charge in [0, 0.05) is 32.3 Å². The second kappa shape index (κ2) is 10.3. The molecule has 0 aliphatic carbocycles. The van der Waals surface area contributed by atoms with Crippen LogP contribution in [0.15, 0.2) is 36.5 Å². The van der Waals surface area contributed by atoms with Gasteiger partial charge in [0.2, 0.25) is 5.91 Å². The number of aromatic nitrogens is 1. The summed E-state index contributed by atoms with van der Waals surface area (Å²) in [5, 5.41) is -0.0461. The minimum absolute atomic E-state index is 0.0137. The summed E-state index contributed by atoms with van der Waals surface area (Å²) in [6, 6.07) is 8.18. The predicted octanol–water partition coefficient (Wildman–Crippen LogP) is 4.52. The van der Waals surface area contributed by atoms with Crippen LogP contribution in [0.4, 0.5) is 19.0 Å². The maximum absolute atomic E-state index is 12.8. The number of likely N-dealkylation sites (N-methyl/N-ethyl adjacent to an activating group) is 1. The van der Waals surface area contributed by atoms with E-state index < -0.39 is 11.7 Å². The van der Waals surface area contributed by atoms with Crippen molar-refractivity contribution >= 4 is 23.3 Å². The molecule has 3 rings (SSSR count). The first-order valence-electron chi connectivity index (χ1n) is 10.2. The minimum atomic E-state index is -4.49. The van der Waals surface area contributed by atoms with Crippen molar-refractivity contribution in [2.75, 3.05) is 45.3 Å². The topological polar surface area (TPSA) is 54.9 Å². The Morgan fingerprint density at radius 2 is 1.91 bits per heavy atom. The molecule has 1 aromatic carbocycles. The SMILES string of the molecule is COc1ccccc1OCCN(C)C(=O)C1CCN(c2ncc(C(F)(F)F)cc2Cl)CC1. The number of benzene rings is 1. The number of piperidine rings is 1. The van der Waals surface area contributed by atoms with Gasteiger partial charge in [-0.3, -0.25) is 4.79 Å². The maximum atomic E-state index is 12.8. The van der Waals surface area contributed by atoms with Gasteiger partial charge in [-0.1, -0.05) is 23.7 Å². The maximum Gasteiger partial charge on any atom is 0.417 e. The third kappa shape index (κ3) is 5.76. The van der Waals surface area contributed by atoms with E-state index >= 15 is 0 Å². The first-order valence-corrected chi connectivity index (χ1v) is 10.6. The van der Waals surface area contributed by atoms with Crippen LogP contribution < -0.4 is 14.4 Å². The lowest BCUT2D eigenvalue weighted by molar-refractivity contribution is -0.138. The lowest BCUT2D eigenvalue weighted by Gasteiger charge is -2.34. The molecule has 1 aliphatic rings. The van der Waals surface area contributed by atoms with Gasteiger partial charge in [-0.05, 0) is 31.0 Å². The summed E-state index contributed by atoms with van der Waals surface area (Å²) in [5.74, 6) is 1.40. The molecule has 0 saturated carbocycles. The Hall–Kier alpha value is -2.68. The molecule has 1 amide bonds. The predicted molar refractivity (Wildman–Crippen MR) is 115 cm³/mol. The number of carbonyl (C=O) groups excluding carboxylic acids is 1. The van der Waals surface area contributed by atoms with E-state index in [0.717, 1.165) is 12.3 Å². The zero-order valence-electron chi connectivity index (χ0n) is 17.9. The third-order valence-corrected chi connectivity index (χ3v) is 5.70. The van der Waals surface area contributed by atoms with Crippen LogP contribution in [-0.2, 0) is 11.0 Å². The smallest absolute Gasteiger partial charge is 0.417 e. The van der Waals surface area contributed by atoms with Crippen LogP contribution in [0.2, 0.25) is 5.02 Å². The van der Waals surface area contributed by atoms with E-state index in [1.165, 1.54) is 0 Å². The quantitative estimate of drug-likeness (QED) is 0.594. The van der Waals surface area contributed by atoms with E-state index in [1.807, 2.05) is 17.0 Å². The van der Waals surface area contributed by atoms with Crippen molar-refractivity contribution in [2.24, 2.45) is 5.92 Å². The average Bonchev–Trinajstić information content (AvgIpc) is 2.78. The Kier molecular flexibility index (Phi) is 7.71. The summed E-state index contributed by atoms with van der Waals surface area (Å²) in [4.78, 5) is 20.2. The largest absolute Gasteiger partial charge is 0.493 e. The van der Waals surface area contributed by atoms with Crippen LogP contribution in [0.25, 0.3) is 0 Å². The first kappa shape index (κ1) is 24.0. The van der Waals surface area contributed by atoms with Crippen LogP contribution in [0.5, 0.6) is 11.5 Å². The standard InChI is InChI=1S/C22H25ClF3N3O3/c1-28(11-12-32-19-6-4-3-5-18(19)31-2)21(30)15-7-9-29(10-8-15)20-17(23)13-16(14-27-20)22(24,25)26/h3-6,13-15H,7-12H2,1-2H3. The fraction of sp³-hybridized carbons (Fsp3) is 0.455. The van der Waals surface area contributed by atoms with Gasteiger partial charge in [0.1, 0.15) is 12.4 Å².